The van der Waals surface area contributed by atoms with Crippen LogP contribution in [0.25, 0.3) is 0 Å². The van der Waals surface area contributed by atoms with Gasteiger partial charge in [0.15, 0.2) is 0 Å². The summed E-state index contributed by atoms with van der Waals surface area (Å²) in [4.78, 5) is 12.4. The third-order valence-electron chi connectivity index (χ3n) is 3.05. The summed E-state index contributed by atoms with van der Waals surface area (Å²) in [7, 11) is -1.48. The van der Waals surface area contributed by atoms with Gasteiger partial charge in [-0.25, -0.2) is 13.1 Å². The summed E-state index contributed by atoms with van der Waals surface area (Å²) < 4.78 is 25.5. The summed E-state index contributed by atoms with van der Waals surface area (Å²) in [5, 5.41) is 8.44. The number of carbonyl (C=O) groups is 1. The van der Waals surface area contributed by atoms with Crippen LogP contribution in [0.3, 0.4) is 0 Å². The Morgan fingerprint density at radius 3 is 2.76 bits per heavy atom. The molecule has 0 saturated carbocycles. The van der Waals surface area contributed by atoms with Crippen LogP contribution >= 0.6 is 0 Å². The molecule has 0 bridgehead atoms. The number of likely N-dealkylation sites (N-methyl/N-ethyl adjacent to an activating group) is 1. The Bertz CT molecular complexity index is 355. The van der Waals surface area contributed by atoms with Crippen LogP contribution in [0.5, 0.6) is 0 Å². The molecule has 0 aromatic heterocycles. The molecule has 1 atom stereocenters. The minimum atomic E-state index is -3.46. The van der Waals surface area contributed by atoms with Crippen LogP contribution in [0.1, 0.15) is 25.7 Å². The zero-order chi connectivity index (χ0) is 12.9. The van der Waals surface area contributed by atoms with Crippen LogP contribution in [0.2, 0.25) is 0 Å². The Morgan fingerprint density at radius 1 is 1.47 bits per heavy atom. The maximum atomic E-state index is 11.5. The highest BCUT2D eigenvalue weighted by molar-refractivity contribution is 7.89. The lowest BCUT2D eigenvalue weighted by molar-refractivity contribution is -0.136. The van der Waals surface area contributed by atoms with Crippen molar-refractivity contribution >= 4 is 16.0 Å². The third kappa shape index (κ3) is 5.47. The van der Waals surface area contributed by atoms with Crippen LogP contribution in [-0.2, 0) is 14.8 Å². The summed E-state index contributed by atoms with van der Waals surface area (Å²) in [6, 6.07) is 0.225. The van der Waals surface area contributed by atoms with E-state index < -0.39 is 16.0 Å². The summed E-state index contributed by atoms with van der Waals surface area (Å²) in [6.45, 7) is 1.36. The van der Waals surface area contributed by atoms with E-state index in [4.69, 9.17) is 5.11 Å². The van der Waals surface area contributed by atoms with E-state index in [-0.39, 0.29) is 18.2 Å². The number of piperidine rings is 1. The van der Waals surface area contributed by atoms with E-state index in [1.54, 1.807) is 0 Å². The number of nitrogens with one attached hydrogen (secondary N) is 1. The molecule has 1 aliphatic heterocycles. The van der Waals surface area contributed by atoms with Gasteiger partial charge < -0.3 is 10.0 Å². The molecule has 7 heteroatoms. The largest absolute Gasteiger partial charge is 0.481 e. The van der Waals surface area contributed by atoms with E-state index in [0.717, 1.165) is 25.8 Å². The van der Waals surface area contributed by atoms with Gasteiger partial charge in [-0.1, -0.05) is 6.42 Å². The van der Waals surface area contributed by atoms with Crippen molar-refractivity contribution < 1.29 is 18.3 Å². The van der Waals surface area contributed by atoms with E-state index >= 15 is 0 Å². The van der Waals surface area contributed by atoms with Crippen molar-refractivity contribution in [3.8, 4) is 0 Å². The fraction of sp³-hybridized carbons (Fsp3) is 0.900. The quantitative estimate of drug-likeness (QED) is 0.697. The average molecular weight is 264 g/mol. The van der Waals surface area contributed by atoms with Crippen LogP contribution in [0.4, 0.5) is 0 Å². The van der Waals surface area contributed by atoms with Crippen LogP contribution in [0, 0.1) is 0 Å². The number of hydrogen-bond acceptors (Lipinski definition) is 4. The molecule has 6 nitrogen and oxygen atoms in total. The number of hydrogen-bond donors (Lipinski definition) is 2. The van der Waals surface area contributed by atoms with Gasteiger partial charge in [0.1, 0.15) is 0 Å². The molecule has 0 aliphatic carbocycles. The normalized spacial score (nSPS) is 22.5. The molecule has 1 heterocycles. The van der Waals surface area contributed by atoms with Crippen LogP contribution in [0.15, 0.2) is 0 Å². The molecule has 0 amide bonds. The van der Waals surface area contributed by atoms with E-state index in [2.05, 4.69) is 9.62 Å². The van der Waals surface area contributed by atoms with Gasteiger partial charge in [-0.2, -0.15) is 0 Å². The third-order valence-corrected chi connectivity index (χ3v) is 4.39. The summed E-state index contributed by atoms with van der Waals surface area (Å²) in [5.74, 6) is -1.44. The van der Waals surface area contributed by atoms with Crippen molar-refractivity contribution in [2.24, 2.45) is 0 Å². The molecular weight excluding hydrogens is 244 g/mol. The Morgan fingerprint density at radius 2 is 2.18 bits per heavy atom. The fourth-order valence-electron chi connectivity index (χ4n) is 1.92. The van der Waals surface area contributed by atoms with Gasteiger partial charge in [-0.05, 0) is 26.4 Å². The first-order valence-electron chi connectivity index (χ1n) is 5.80. The van der Waals surface area contributed by atoms with Crippen molar-refractivity contribution in [3.63, 3.8) is 0 Å². The van der Waals surface area contributed by atoms with Gasteiger partial charge >= 0.3 is 5.97 Å². The molecule has 0 spiro atoms. The molecule has 0 aromatic rings. The number of likely N-dealkylation sites (tertiary alicyclic amines) is 1. The molecular formula is C10H20N2O4S. The van der Waals surface area contributed by atoms with Crippen molar-refractivity contribution in [2.75, 3.05) is 25.9 Å². The van der Waals surface area contributed by atoms with Gasteiger partial charge in [0.25, 0.3) is 0 Å². The van der Waals surface area contributed by atoms with Gasteiger partial charge in [0.2, 0.25) is 10.0 Å². The Hall–Kier alpha value is -0.660. The lowest BCUT2D eigenvalue weighted by atomic mass is 10.0. The molecule has 1 unspecified atom stereocenters. The second-order valence-corrected chi connectivity index (χ2v) is 6.37. The molecule has 1 rings (SSSR count). The number of nitrogens with zero attached hydrogens (tertiary/aromatic N) is 1. The number of carboxylic acid groups (broad SMARTS) is 1. The average Bonchev–Trinajstić information content (AvgIpc) is 2.26. The highest BCUT2D eigenvalue weighted by Crippen LogP contribution is 2.14. The van der Waals surface area contributed by atoms with Crippen LogP contribution in [-0.4, -0.2) is 56.3 Å². The minimum absolute atomic E-state index is 0.225. The van der Waals surface area contributed by atoms with Crippen molar-refractivity contribution in [2.45, 2.75) is 31.7 Å². The molecule has 17 heavy (non-hydrogen) atoms. The summed E-state index contributed by atoms with van der Waals surface area (Å²) in [6.07, 6.45) is 2.90. The molecule has 1 aliphatic rings. The fourth-order valence-corrected chi connectivity index (χ4v) is 2.95. The van der Waals surface area contributed by atoms with Gasteiger partial charge in [-0.3, -0.25) is 4.79 Å². The first-order chi connectivity index (χ1) is 7.91. The first-order valence-corrected chi connectivity index (χ1v) is 7.45. The summed E-state index contributed by atoms with van der Waals surface area (Å²) in [5.41, 5.74) is 0. The number of rotatable bonds is 6. The SMILES string of the molecule is CN1CCCCC1CNS(=O)(=O)CCC(=O)O. The summed E-state index contributed by atoms with van der Waals surface area (Å²) >= 11 is 0. The zero-order valence-electron chi connectivity index (χ0n) is 10.1. The predicted octanol–water partition coefficient (Wildman–Crippen LogP) is -0.135. The van der Waals surface area contributed by atoms with Crippen molar-refractivity contribution in [3.05, 3.63) is 0 Å². The Kier molecular flexibility index (Phi) is 5.35. The monoisotopic (exact) mass is 264 g/mol. The van der Waals surface area contributed by atoms with E-state index in [0.29, 0.717) is 6.54 Å². The minimum Gasteiger partial charge on any atom is -0.481 e. The van der Waals surface area contributed by atoms with Gasteiger partial charge in [0.05, 0.1) is 12.2 Å². The molecule has 2 N–H and O–H groups in total. The second-order valence-electron chi connectivity index (χ2n) is 4.44. The van der Waals surface area contributed by atoms with Crippen molar-refractivity contribution in [1.82, 2.24) is 9.62 Å². The number of carboxylic acids is 1. The molecule has 100 valence electrons. The molecule has 1 fully saturated rings. The lowest BCUT2D eigenvalue weighted by Crippen LogP contribution is -2.45. The highest BCUT2D eigenvalue weighted by atomic mass is 32.2. The second kappa shape index (κ2) is 6.32. The highest BCUT2D eigenvalue weighted by Gasteiger charge is 2.21. The standard InChI is InChI=1S/C10H20N2O4S/c1-12-6-3-2-4-9(12)8-11-17(15,16)7-5-10(13)14/h9,11H,2-8H2,1H3,(H,13,14). The Balaban J connectivity index is 2.35. The lowest BCUT2D eigenvalue weighted by Gasteiger charge is -2.32. The molecule has 0 aromatic carbocycles. The van der Waals surface area contributed by atoms with E-state index in [1.165, 1.54) is 0 Å². The predicted molar refractivity (Wildman–Crippen MR) is 64.3 cm³/mol. The molecule has 0 radical (unpaired) electrons. The van der Waals surface area contributed by atoms with Gasteiger partial charge in [-0.15, -0.1) is 0 Å². The van der Waals surface area contributed by atoms with Crippen LogP contribution < -0.4 is 4.72 Å². The Labute approximate surface area is 102 Å². The smallest absolute Gasteiger partial charge is 0.304 e. The molecule has 1 saturated heterocycles. The van der Waals surface area contributed by atoms with Crippen molar-refractivity contribution in [1.29, 1.82) is 0 Å². The maximum Gasteiger partial charge on any atom is 0.304 e. The zero-order valence-corrected chi connectivity index (χ0v) is 10.9. The van der Waals surface area contributed by atoms with E-state index in [9.17, 15) is 13.2 Å². The topological polar surface area (TPSA) is 86.7 Å². The maximum absolute atomic E-state index is 11.5. The van der Waals surface area contributed by atoms with Gasteiger partial charge in [0, 0.05) is 12.6 Å². The number of aliphatic carboxylic acids is 1. The van der Waals surface area contributed by atoms with E-state index in [1.807, 2.05) is 7.05 Å². The number of sulfonamides is 1. The first kappa shape index (κ1) is 14.4.